The fourth-order valence-electron chi connectivity index (χ4n) is 3.35. The Hall–Kier alpha value is -3.94. The van der Waals surface area contributed by atoms with E-state index in [1.807, 2.05) is 6.92 Å². The van der Waals surface area contributed by atoms with Gasteiger partial charge in [-0.1, -0.05) is 23.4 Å². The Bertz CT molecular complexity index is 1340. The number of para-hydroxylation sites is 1. The number of aryl methyl sites for hydroxylation is 2. The predicted molar refractivity (Wildman–Crippen MR) is 107 cm³/mol. The maximum absolute atomic E-state index is 12.7. The molecule has 3 heterocycles. The van der Waals surface area contributed by atoms with E-state index in [4.69, 9.17) is 13.7 Å². The molecule has 0 spiro atoms. The molecule has 8 nitrogen and oxygen atoms in total. The fourth-order valence-corrected chi connectivity index (χ4v) is 3.35. The van der Waals surface area contributed by atoms with E-state index in [-0.39, 0.29) is 5.56 Å². The van der Waals surface area contributed by atoms with Crippen LogP contribution in [0.25, 0.3) is 16.8 Å². The lowest BCUT2D eigenvalue weighted by atomic mass is 10.1. The molecular weight excluding hydrogens is 388 g/mol. The molecule has 0 fully saturated rings. The summed E-state index contributed by atoms with van der Waals surface area (Å²) in [5, 5.41) is 4.56. The van der Waals surface area contributed by atoms with Crippen LogP contribution in [-0.2, 0) is 4.74 Å². The average Bonchev–Trinajstić information content (AvgIpc) is 3.27. The first-order valence-electron chi connectivity index (χ1n) is 9.21. The first kappa shape index (κ1) is 19.4. The predicted octanol–water partition coefficient (Wildman–Crippen LogP) is 3.54. The second-order valence-corrected chi connectivity index (χ2v) is 6.90. The van der Waals surface area contributed by atoms with E-state index in [0.717, 1.165) is 5.69 Å². The number of hydrogen-bond acceptors (Lipinski definition) is 7. The van der Waals surface area contributed by atoms with Gasteiger partial charge >= 0.3 is 11.6 Å². The number of Topliss-reactive ketones (excluding diaryl/α,β-unsaturated/α-hetero) is 1. The molecule has 1 aromatic carbocycles. The number of ether oxygens (including phenoxy) is 1. The molecule has 4 aromatic rings. The van der Waals surface area contributed by atoms with Crippen molar-refractivity contribution in [2.24, 2.45) is 0 Å². The summed E-state index contributed by atoms with van der Waals surface area (Å²) in [5.41, 5.74) is 1.12. The zero-order chi connectivity index (χ0) is 21.4. The summed E-state index contributed by atoms with van der Waals surface area (Å²) in [5.74, 6) is -0.0993. The van der Waals surface area contributed by atoms with Crippen LogP contribution in [0, 0.1) is 20.8 Å². The minimum Gasteiger partial charge on any atom is -0.453 e. The normalized spacial score (nSPS) is 11.0. The summed E-state index contributed by atoms with van der Waals surface area (Å²) in [4.78, 5) is 37.1. The molecular formula is C22H18N2O6. The smallest absolute Gasteiger partial charge is 0.351 e. The van der Waals surface area contributed by atoms with Gasteiger partial charge in [0, 0.05) is 28.4 Å². The highest BCUT2D eigenvalue weighted by molar-refractivity contribution is 6.01. The maximum Gasteiger partial charge on any atom is 0.351 e. The van der Waals surface area contributed by atoms with Crippen molar-refractivity contribution < 1.29 is 23.3 Å². The van der Waals surface area contributed by atoms with E-state index in [1.54, 1.807) is 54.8 Å². The zero-order valence-electron chi connectivity index (χ0n) is 16.6. The summed E-state index contributed by atoms with van der Waals surface area (Å²) in [6, 6.07) is 11.7. The minimum atomic E-state index is -0.913. The molecule has 0 saturated heterocycles. The lowest BCUT2D eigenvalue weighted by Crippen LogP contribution is -2.20. The summed E-state index contributed by atoms with van der Waals surface area (Å²) >= 11 is 0. The van der Waals surface area contributed by atoms with Crippen molar-refractivity contribution in [1.82, 2.24) is 9.72 Å². The van der Waals surface area contributed by atoms with Crippen LogP contribution in [0.1, 0.15) is 37.9 Å². The van der Waals surface area contributed by atoms with Crippen LogP contribution in [0.3, 0.4) is 0 Å². The van der Waals surface area contributed by atoms with Crippen molar-refractivity contribution in [2.45, 2.75) is 20.8 Å². The van der Waals surface area contributed by atoms with Gasteiger partial charge in [0.1, 0.15) is 16.9 Å². The van der Waals surface area contributed by atoms with Gasteiger partial charge in [0.2, 0.25) is 5.78 Å². The van der Waals surface area contributed by atoms with E-state index >= 15 is 0 Å². The third kappa shape index (κ3) is 3.43. The molecule has 0 unspecified atom stereocenters. The van der Waals surface area contributed by atoms with E-state index in [1.165, 1.54) is 6.07 Å². The second-order valence-electron chi connectivity index (χ2n) is 6.90. The highest BCUT2D eigenvalue weighted by Gasteiger charge is 2.21. The van der Waals surface area contributed by atoms with Crippen molar-refractivity contribution in [3.05, 3.63) is 81.2 Å². The molecule has 30 heavy (non-hydrogen) atoms. The van der Waals surface area contributed by atoms with Gasteiger partial charge in [-0.15, -0.1) is 0 Å². The largest absolute Gasteiger partial charge is 0.453 e. The zero-order valence-corrected chi connectivity index (χ0v) is 16.6. The van der Waals surface area contributed by atoms with Crippen LogP contribution < -0.4 is 5.63 Å². The standard InChI is InChI=1S/C22H18N2O6/c1-12-8-16(14(3)24(12)20-9-13(2)30-23-20)18(25)11-28-21(26)17-10-15-6-4-5-7-19(15)29-22(17)27/h4-10H,11H2,1-3H3. The lowest BCUT2D eigenvalue weighted by Gasteiger charge is -2.06. The van der Waals surface area contributed by atoms with Crippen molar-refractivity contribution in [2.75, 3.05) is 6.61 Å². The third-order valence-electron chi connectivity index (χ3n) is 4.77. The Morgan fingerprint density at radius 3 is 2.57 bits per heavy atom. The minimum absolute atomic E-state index is 0.259. The van der Waals surface area contributed by atoms with Crippen molar-refractivity contribution in [3.63, 3.8) is 0 Å². The molecule has 8 heteroatoms. The molecule has 0 bridgehead atoms. The van der Waals surface area contributed by atoms with Crippen LogP contribution in [-0.4, -0.2) is 28.1 Å². The van der Waals surface area contributed by atoms with E-state index in [0.29, 0.717) is 33.8 Å². The number of benzene rings is 1. The highest BCUT2D eigenvalue weighted by Crippen LogP contribution is 2.21. The lowest BCUT2D eigenvalue weighted by molar-refractivity contribution is 0.0470. The van der Waals surface area contributed by atoms with E-state index in [2.05, 4.69) is 5.16 Å². The summed E-state index contributed by atoms with van der Waals surface area (Å²) in [7, 11) is 0. The first-order chi connectivity index (χ1) is 14.3. The van der Waals surface area contributed by atoms with Gasteiger partial charge in [-0.25, -0.2) is 9.59 Å². The second kappa shape index (κ2) is 7.47. The van der Waals surface area contributed by atoms with Crippen molar-refractivity contribution in [1.29, 1.82) is 0 Å². The molecule has 0 aliphatic carbocycles. The van der Waals surface area contributed by atoms with Gasteiger partial charge in [-0.2, -0.15) is 0 Å². The van der Waals surface area contributed by atoms with Crippen LogP contribution >= 0.6 is 0 Å². The molecule has 0 amide bonds. The van der Waals surface area contributed by atoms with Gasteiger partial charge in [0.25, 0.3) is 0 Å². The van der Waals surface area contributed by atoms with E-state index < -0.39 is 24.0 Å². The van der Waals surface area contributed by atoms with Gasteiger partial charge in [-0.05, 0) is 39.0 Å². The number of carbonyl (C=O) groups excluding carboxylic acids is 2. The molecule has 0 aliphatic rings. The van der Waals surface area contributed by atoms with Crippen LogP contribution in [0.4, 0.5) is 0 Å². The number of nitrogens with zero attached hydrogens (tertiary/aromatic N) is 2. The molecule has 3 aromatic heterocycles. The third-order valence-corrected chi connectivity index (χ3v) is 4.77. The molecule has 152 valence electrons. The van der Waals surface area contributed by atoms with Crippen LogP contribution in [0.2, 0.25) is 0 Å². The number of fused-ring (bicyclic) bond motifs is 1. The Morgan fingerprint density at radius 1 is 1.07 bits per heavy atom. The van der Waals surface area contributed by atoms with Gasteiger partial charge in [-0.3, -0.25) is 9.36 Å². The molecule has 0 atom stereocenters. The molecule has 0 N–H and O–H groups in total. The summed E-state index contributed by atoms with van der Waals surface area (Å²) in [6.07, 6.45) is 0. The summed E-state index contributed by atoms with van der Waals surface area (Å²) < 4.78 is 17.1. The van der Waals surface area contributed by atoms with Crippen LogP contribution in [0.15, 0.2) is 56.2 Å². The average molecular weight is 406 g/mol. The molecule has 0 saturated carbocycles. The maximum atomic E-state index is 12.7. The fraction of sp³-hybridized carbons (Fsp3) is 0.182. The highest BCUT2D eigenvalue weighted by atomic mass is 16.5. The van der Waals surface area contributed by atoms with Crippen LogP contribution in [0.5, 0.6) is 0 Å². The Morgan fingerprint density at radius 2 is 1.83 bits per heavy atom. The van der Waals surface area contributed by atoms with Gasteiger partial charge in [0.15, 0.2) is 12.4 Å². The number of carbonyl (C=O) groups is 2. The van der Waals surface area contributed by atoms with Gasteiger partial charge < -0.3 is 13.7 Å². The molecule has 0 radical (unpaired) electrons. The number of rotatable bonds is 5. The monoisotopic (exact) mass is 406 g/mol. The molecule has 0 aliphatic heterocycles. The Balaban J connectivity index is 1.53. The first-order valence-corrected chi connectivity index (χ1v) is 9.21. The Kier molecular flexibility index (Phi) is 4.83. The van der Waals surface area contributed by atoms with E-state index in [9.17, 15) is 14.4 Å². The SMILES string of the molecule is Cc1cc(-n2c(C)cc(C(=O)COC(=O)c3cc4ccccc4oc3=O)c2C)no1. The number of esters is 1. The molecule has 4 rings (SSSR count). The summed E-state index contributed by atoms with van der Waals surface area (Å²) in [6.45, 7) is 4.87. The van der Waals surface area contributed by atoms with Crippen molar-refractivity contribution >= 4 is 22.7 Å². The topological polar surface area (TPSA) is 105 Å². The quantitative estimate of drug-likeness (QED) is 0.284. The number of aromatic nitrogens is 2. The van der Waals surface area contributed by atoms with Gasteiger partial charge in [0.05, 0.1) is 0 Å². The van der Waals surface area contributed by atoms with Crippen molar-refractivity contribution in [3.8, 4) is 5.82 Å². The number of ketones is 1. The Labute approximate surface area is 170 Å². The number of hydrogen-bond donors (Lipinski definition) is 0.